The second-order valence-corrected chi connectivity index (χ2v) is 18.2. The van der Waals surface area contributed by atoms with Crippen molar-refractivity contribution >= 4 is 28.6 Å². The van der Waals surface area contributed by atoms with Crippen LogP contribution in [-0.2, 0) is 4.74 Å². The number of ether oxygens (including phenoxy) is 1. The number of thiophene rings is 1. The SMILES string of the molecule is C=C(C)[C@@H]1CC[C@]2(N(C)c3ccsc3)CC[C@]3(C)[C@H](CC[C@@H]4[C@@]5(C)CC=C(c6ccc(C(=O)OC)cc6)C(C)(C)[C@@H]5CC[C@]43C)[C@@H]12. The summed E-state index contributed by atoms with van der Waals surface area (Å²) in [5, 5.41) is 4.62. The van der Waals surface area contributed by atoms with Gasteiger partial charge in [0.1, 0.15) is 0 Å². The number of fused-ring (bicyclic) bond motifs is 7. The van der Waals surface area contributed by atoms with Gasteiger partial charge in [0.2, 0.25) is 0 Å². The van der Waals surface area contributed by atoms with Crippen LogP contribution in [0.15, 0.2) is 59.3 Å². The lowest BCUT2D eigenvalue weighted by atomic mass is 9.33. The highest BCUT2D eigenvalue weighted by molar-refractivity contribution is 7.08. The van der Waals surface area contributed by atoms with E-state index in [2.05, 4.69) is 95.1 Å². The third-order valence-corrected chi connectivity index (χ3v) is 16.4. The lowest BCUT2D eigenvalue weighted by Gasteiger charge is -2.73. The first-order valence-electron chi connectivity index (χ1n) is 18.1. The minimum absolute atomic E-state index is 0.0698. The van der Waals surface area contributed by atoms with Crippen LogP contribution in [0.3, 0.4) is 0 Å². The average Bonchev–Trinajstić information content (AvgIpc) is 3.70. The van der Waals surface area contributed by atoms with E-state index >= 15 is 0 Å². The molecule has 46 heavy (non-hydrogen) atoms. The fraction of sp³-hybridized carbons (Fsp3) is 0.643. The second kappa shape index (κ2) is 10.8. The van der Waals surface area contributed by atoms with Crippen molar-refractivity contribution in [2.75, 3.05) is 19.1 Å². The Labute approximate surface area is 282 Å². The van der Waals surface area contributed by atoms with E-state index in [9.17, 15) is 4.79 Å². The van der Waals surface area contributed by atoms with E-state index in [1.165, 1.54) is 80.9 Å². The van der Waals surface area contributed by atoms with E-state index in [1.54, 1.807) is 0 Å². The molecule has 0 amide bonds. The van der Waals surface area contributed by atoms with Crippen LogP contribution < -0.4 is 4.90 Å². The number of carbonyl (C=O) groups excluding carboxylic acids is 1. The molecule has 248 valence electrons. The highest BCUT2D eigenvalue weighted by Crippen LogP contribution is 2.77. The van der Waals surface area contributed by atoms with E-state index in [-0.39, 0.29) is 22.3 Å². The van der Waals surface area contributed by atoms with Gasteiger partial charge in [-0.3, -0.25) is 0 Å². The van der Waals surface area contributed by atoms with Gasteiger partial charge in [0.15, 0.2) is 0 Å². The second-order valence-electron chi connectivity index (χ2n) is 17.4. The van der Waals surface area contributed by atoms with Crippen LogP contribution in [0.1, 0.15) is 115 Å². The molecule has 4 heteroatoms. The molecule has 0 bridgehead atoms. The first-order chi connectivity index (χ1) is 21.7. The quantitative estimate of drug-likeness (QED) is 0.241. The van der Waals surface area contributed by atoms with Gasteiger partial charge >= 0.3 is 5.97 Å². The van der Waals surface area contributed by atoms with Crippen LogP contribution in [-0.4, -0.2) is 25.7 Å². The van der Waals surface area contributed by atoms with Crippen molar-refractivity contribution < 1.29 is 9.53 Å². The number of carbonyl (C=O) groups is 1. The zero-order valence-corrected chi connectivity index (χ0v) is 30.6. The molecule has 9 atom stereocenters. The summed E-state index contributed by atoms with van der Waals surface area (Å²) >= 11 is 1.83. The van der Waals surface area contributed by atoms with Gasteiger partial charge in [-0.25, -0.2) is 4.79 Å². The van der Waals surface area contributed by atoms with Gasteiger partial charge in [-0.05, 0) is 151 Å². The molecule has 0 spiro atoms. The van der Waals surface area contributed by atoms with Crippen molar-refractivity contribution in [2.24, 2.45) is 51.2 Å². The van der Waals surface area contributed by atoms with Crippen LogP contribution in [0, 0.1) is 51.2 Å². The zero-order chi connectivity index (χ0) is 32.9. The summed E-state index contributed by atoms with van der Waals surface area (Å²) in [5.41, 5.74) is 7.45. The lowest BCUT2D eigenvalue weighted by Crippen LogP contribution is -2.68. The molecule has 2 aromatic rings. The first kappa shape index (κ1) is 32.2. The summed E-state index contributed by atoms with van der Waals surface area (Å²) in [5.74, 6) is 3.15. The maximum Gasteiger partial charge on any atom is 0.337 e. The third-order valence-electron chi connectivity index (χ3n) is 15.8. The fourth-order valence-corrected chi connectivity index (χ4v) is 14.1. The maximum absolute atomic E-state index is 12.1. The van der Waals surface area contributed by atoms with E-state index in [0.717, 1.165) is 18.3 Å². The molecule has 3 nitrogen and oxygen atoms in total. The summed E-state index contributed by atoms with van der Waals surface area (Å²) in [6.45, 7) is 20.2. The Morgan fingerprint density at radius 1 is 0.913 bits per heavy atom. The van der Waals surface area contributed by atoms with Gasteiger partial charge in [0, 0.05) is 23.7 Å². The van der Waals surface area contributed by atoms with Gasteiger partial charge in [-0.1, -0.05) is 65.0 Å². The number of anilines is 1. The van der Waals surface area contributed by atoms with Crippen molar-refractivity contribution in [2.45, 2.75) is 105 Å². The highest BCUT2D eigenvalue weighted by Gasteiger charge is 2.71. The Morgan fingerprint density at radius 3 is 2.30 bits per heavy atom. The molecular formula is C42H57NO2S. The molecule has 0 saturated heterocycles. The average molecular weight is 640 g/mol. The van der Waals surface area contributed by atoms with Crippen LogP contribution in [0.5, 0.6) is 0 Å². The normalized spacial score (nSPS) is 40.9. The van der Waals surface area contributed by atoms with Crippen molar-refractivity contribution in [3.05, 3.63) is 70.4 Å². The summed E-state index contributed by atoms with van der Waals surface area (Å²) < 4.78 is 4.97. The van der Waals surface area contributed by atoms with Gasteiger partial charge in [-0.2, -0.15) is 11.3 Å². The zero-order valence-electron chi connectivity index (χ0n) is 29.7. The predicted octanol–water partition coefficient (Wildman–Crippen LogP) is 11.1. The largest absolute Gasteiger partial charge is 0.465 e. The number of hydrogen-bond donors (Lipinski definition) is 0. The van der Waals surface area contributed by atoms with Crippen molar-refractivity contribution in [1.29, 1.82) is 0 Å². The molecule has 1 aromatic carbocycles. The molecule has 1 heterocycles. The molecule has 0 aliphatic heterocycles. The molecule has 7 rings (SSSR count). The Hall–Kier alpha value is -2.33. The molecule has 0 radical (unpaired) electrons. The Kier molecular flexibility index (Phi) is 7.60. The van der Waals surface area contributed by atoms with Crippen molar-refractivity contribution in [1.82, 2.24) is 0 Å². The topological polar surface area (TPSA) is 29.5 Å². The molecule has 5 aliphatic carbocycles. The minimum atomic E-state index is -0.267. The monoisotopic (exact) mass is 639 g/mol. The van der Waals surface area contributed by atoms with E-state index in [4.69, 9.17) is 4.74 Å². The summed E-state index contributed by atoms with van der Waals surface area (Å²) in [6.07, 6.45) is 14.3. The predicted molar refractivity (Wildman–Crippen MR) is 193 cm³/mol. The minimum Gasteiger partial charge on any atom is -0.465 e. The summed E-state index contributed by atoms with van der Waals surface area (Å²) in [4.78, 5) is 14.9. The van der Waals surface area contributed by atoms with E-state index in [1.807, 2.05) is 23.5 Å². The summed E-state index contributed by atoms with van der Waals surface area (Å²) in [7, 11) is 3.86. The Balaban J connectivity index is 1.23. The maximum atomic E-state index is 12.1. The fourth-order valence-electron chi connectivity index (χ4n) is 13.4. The number of esters is 1. The first-order valence-corrected chi connectivity index (χ1v) is 19.0. The Bertz CT molecular complexity index is 1540. The number of hydrogen-bond acceptors (Lipinski definition) is 4. The van der Waals surface area contributed by atoms with Crippen LogP contribution in [0.25, 0.3) is 5.57 Å². The Morgan fingerprint density at radius 2 is 1.65 bits per heavy atom. The van der Waals surface area contributed by atoms with Crippen LogP contribution >= 0.6 is 11.3 Å². The number of methoxy groups -OCH3 is 1. The summed E-state index contributed by atoms with van der Waals surface area (Å²) in [6, 6.07) is 10.5. The molecule has 4 fully saturated rings. The number of rotatable bonds is 5. The molecule has 1 aromatic heterocycles. The highest BCUT2D eigenvalue weighted by atomic mass is 32.1. The standard InChI is InChI=1S/C42H57NO2S/c1-27(2)31-16-22-42(43(8)30-19-25-46-26-30)24-23-40(6)33(36(31)42)14-15-35-39(5)20-17-32(28-10-12-29(13-11-28)37(44)45-9)38(3,4)34(39)18-21-41(35,40)7/h10-13,17,19,25-26,31,33-36H,1,14-16,18,20-24H2,2-9H3/t31-,33+,34-,35+,36+,39-,40+,41+,42-/m0/s1. The number of benzene rings is 1. The lowest BCUT2D eigenvalue weighted by molar-refractivity contribution is -0.217. The smallest absolute Gasteiger partial charge is 0.337 e. The number of nitrogens with zero attached hydrogens (tertiary/aromatic N) is 1. The van der Waals surface area contributed by atoms with Crippen molar-refractivity contribution in [3.8, 4) is 0 Å². The van der Waals surface area contributed by atoms with Gasteiger partial charge in [-0.15, -0.1) is 0 Å². The van der Waals surface area contributed by atoms with E-state index in [0.29, 0.717) is 34.1 Å². The molecule has 5 aliphatic rings. The third kappa shape index (κ3) is 4.23. The van der Waals surface area contributed by atoms with Crippen molar-refractivity contribution in [3.63, 3.8) is 0 Å². The van der Waals surface area contributed by atoms with Crippen LogP contribution in [0.4, 0.5) is 5.69 Å². The van der Waals surface area contributed by atoms with Crippen LogP contribution in [0.2, 0.25) is 0 Å². The molecule has 0 unspecified atom stereocenters. The molecule has 0 N–H and O–H groups in total. The molecule has 4 saturated carbocycles. The number of allylic oxidation sites excluding steroid dienone is 3. The van der Waals surface area contributed by atoms with Gasteiger partial charge < -0.3 is 9.64 Å². The molecular weight excluding hydrogens is 583 g/mol. The van der Waals surface area contributed by atoms with E-state index < -0.39 is 0 Å². The van der Waals surface area contributed by atoms with Gasteiger partial charge in [0.05, 0.1) is 12.7 Å². The van der Waals surface area contributed by atoms with Gasteiger partial charge in [0.25, 0.3) is 0 Å².